The molecule has 0 aromatic rings. The van der Waals surface area contributed by atoms with Gasteiger partial charge in [0.1, 0.15) is 0 Å². The summed E-state index contributed by atoms with van der Waals surface area (Å²) >= 11 is 0. The fourth-order valence-corrected chi connectivity index (χ4v) is 5.88. The van der Waals surface area contributed by atoms with Gasteiger partial charge in [-0.05, 0) is 38.5 Å². The first-order valence-electron chi connectivity index (χ1n) is 10.4. The van der Waals surface area contributed by atoms with Crippen molar-refractivity contribution in [3.8, 4) is 0 Å². The zero-order chi connectivity index (χ0) is 18.3. The van der Waals surface area contributed by atoms with Crippen molar-refractivity contribution in [2.24, 2.45) is 22.2 Å². The maximum absolute atomic E-state index is 12.3. The third kappa shape index (κ3) is 3.70. The molecule has 1 aliphatic heterocycles. The zero-order valence-electron chi connectivity index (χ0n) is 16.9. The van der Waals surface area contributed by atoms with Crippen molar-refractivity contribution in [3.63, 3.8) is 0 Å². The molecule has 5 unspecified atom stereocenters. The maximum atomic E-state index is 12.3. The third-order valence-corrected chi connectivity index (χ3v) is 7.36. The van der Waals surface area contributed by atoms with Crippen molar-refractivity contribution >= 4 is 35.8 Å². The molecule has 154 valence electrons. The molecule has 4 fully saturated rings. The summed E-state index contributed by atoms with van der Waals surface area (Å²) in [6.07, 6.45) is 9.67. The Morgan fingerprint density at radius 1 is 1.15 bits per heavy atom. The minimum Gasteiger partial charge on any atom is -0.377 e. The number of carbonyl (C=O) groups is 1. The first kappa shape index (κ1) is 21.1. The normalized spacial score (nSPS) is 36.7. The monoisotopic (exact) mass is 490 g/mol. The van der Waals surface area contributed by atoms with Crippen LogP contribution in [0.25, 0.3) is 0 Å². The number of carbonyl (C=O) groups excluding carboxylic acids is 1. The molecule has 4 rings (SSSR count). The van der Waals surface area contributed by atoms with Gasteiger partial charge in [0.15, 0.2) is 5.96 Å². The predicted molar refractivity (Wildman–Crippen MR) is 117 cm³/mol. The van der Waals surface area contributed by atoms with Crippen LogP contribution in [0.2, 0.25) is 0 Å². The SMILES string of the molecule is CN=C(NC1CCCC(C(=O)N(C)C)C1)NC1C2CCOC2C12CCC2.I. The number of nitrogens with zero attached hydrogens (tertiary/aromatic N) is 2. The standard InChI is InChI=1S/C20H34N4O2.HI/c1-21-19(22-14-7-4-6-13(12-14)18(25)24(2)3)23-16-15-8-11-26-17(15)20(16)9-5-10-20;/h13-17H,4-12H2,1-3H3,(H2,21,22,23);1H. The van der Waals surface area contributed by atoms with E-state index in [4.69, 9.17) is 4.74 Å². The number of guanidine groups is 1. The van der Waals surface area contributed by atoms with Gasteiger partial charge in [0.25, 0.3) is 0 Å². The molecule has 1 heterocycles. The van der Waals surface area contributed by atoms with Gasteiger partial charge in [-0.25, -0.2) is 0 Å². The molecular weight excluding hydrogens is 455 g/mol. The number of ether oxygens (including phenoxy) is 1. The molecule has 0 aromatic heterocycles. The summed E-state index contributed by atoms with van der Waals surface area (Å²) in [5, 5.41) is 7.37. The van der Waals surface area contributed by atoms with Crippen LogP contribution in [0.3, 0.4) is 0 Å². The van der Waals surface area contributed by atoms with Crippen molar-refractivity contribution in [2.75, 3.05) is 27.7 Å². The fraction of sp³-hybridized carbons (Fsp3) is 0.900. The number of amides is 1. The van der Waals surface area contributed by atoms with Crippen molar-refractivity contribution < 1.29 is 9.53 Å². The minimum absolute atomic E-state index is 0. The number of rotatable bonds is 3. The molecule has 0 bridgehead atoms. The van der Waals surface area contributed by atoms with E-state index >= 15 is 0 Å². The third-order valence-electron chi connectivity index (χ3n) is 7.36. The smallest absolute Gasteiger partial charge is 0.225 e. The van der Waals surface area contributed by atoms with Crippen LogP contribution >= 0.6 is 24.0 Å². The Kier molecular flexibility index (Phi) is 6.60. The van der Waals surface area contributed by atoms with Crippen LogP contribution in [-0.4, -0.2) is 62.7 Å². The van der Waals surface area contributed by atoms with Gasteiger partial charge in [0.05, 0.1) is 6.10 Å². The molecule has 1 spiro atoms. The van der Waals surface area contributed by atoms with E-state index in [0.29, 0.717) is 29.5 Å². The highest BCUT2D eigenvalue weighted by Crippen LogP contribution is 2.62. The highest BCUT2D eigenvalue weighted by Gasteiger charge is 2.66. The summed E-state index contributed by atoms with van der Waals surface area (Å²) in [5.74, 6) is 1.96. The van der Waals surface area contributed by atoms with E-state index < -0.39 is 0 Å². The average molecular weight is 490 g/mol. The molecule has 0 radical (unpaired) electrons. The van der Waals surface area contributed by atoms with Crippen LogP contribution < -0.4 is 10.6 Å². The predicted octanol–water partition coefficient (Wildman–Crippen LogP) is 2.37. The van der Waals surface area contributed by atoms with Crippen molar-refractivity contribution in [1.29, 1.82) is 0 Å². The average Bonchev–Trinajstić information content (AvgIpc) is 3.01. The lowest BCUT2D eigenvalue weighted by atomic mass is 9.46. The Morgan fingerprint density at radius 3 is 2.56 bits per heavy atom. The van der Waals surface area contributed by atoms with Gasteiger partial charge >= 0.3 is 0 Å². The van der Waals surface area contributed by atoms with Crippen LogP contribution in [0.1, 0.15) is 51.4 Å². The summed E-state index contributed by atoms with van der Waals surface area (Å²) in [7, 11) is 5.57. The fourth-order valence-electron chi connectivity index (χ4n) is 5.88. The molecule has 27 heavy (non-hydrogen) atoms. The number of halogens is 1. The molecule has 1 amide bonds. The van der Waals surface area contributed by atoms with Gasteiger partial charge < -0.3 is 20.3 Å². The maximum Gasteiger partial charge on any atom is 0.225 e. The highest BCUT2D eigenvalue weighted by atomic mass is 127. The Morgan fingerprint density at radius 2 is 1.93 bits per heavy atom. The van der Waals surface area contributed by atoms with Gasteiger partial charge in [-0.1, -0.05) is 12.8 Å². The molecular formula is C20H35IN4O2. The number of hydrogen-bond acceptors (Lipinski definition) is 3. The molecule has 3 aliphatic carbocycles. The lowest BCUT2D eigenvalue weighted by Gasteiger charge is -2.63. The van der Waals surface area contributed by atoms with Crippen LogP contribution in [0.15, 0.2) is 4.99 Å². The van der Waals surface area contributed by atoms with E-state index in [1.807, 2.05) is 21.1 Å². The summed E-state index contributed by atoms with van der Waals surface area (Å²) in [5.41, 5.74) is 0.356. The number of hydrogen-bond donors (Lipinski definition) is 2. The molecule has 5 atom stereocenters. The summed E-state index contributed by atoms with van der Waals surface area (Å²) in [6, 6.07) is 0.828. The molecule has 6 nitrogen and oxygen atoms in total. The highest BCUT2D eigenvalue weighted by molar-refractivity contribution is 14.0. The lowest BCUT2D eigenvalue weighted by molar-refractivity contribution is -0.171. The van der Waals surface area contributed by atoms with E-state index in [1.54, 1.807) is 4.90 Å². The molecule has 7 heteroatoms. The molecule has 0 aromatic carbocycles. The first-order valence-corrected chi connectivity index (χ1v) is 10.4. The van der Waals surface area contributed by atoms with Gasteiger partial charge in [0.2, 0.25) is 5.91 Å². The Balaban J connectivity index is 0.00000210. The van der Waals surface area contributed by atoms with E-state index in [9.17, 15) is 4.79 Å². The van der Waals surface area contributed by atoms with Crippen LogP contribution in [0, 0.1) is 17.3 Å². The quantitative estimate of drug-likeness (QED) is 0.362. The second-order valence-electron chi connectivity index (χ2n) is 8.96. The second kappa shape index (κ2) is 8.43. The number of nitrogens with one attached hydrogen (secondary N) is 2. The van der Waals surface area contributed by atoms with Crippen molar-refractivity contribution in [2.45, 2.75) is 69.6 Å². The van der Waals surface area contributed by atoms with Crippen molar-refractivity contribution in [1.82, 2.24) is 15.5 Å². The van der Waals surface area contributed by atoms with Gasteiger partial charge in [-0.15, -0.1) is 24.0 Å². The number of aliphatic imine (C=N–C) groups is 1. The van der Waals surface area contributed by atoms with Gasteiger partial charge in [-0.3, -0.25) is 9.79 Å². The molecule has 3 saturated carbocycles. The van der Waals surface area contributed by atoms with Crippen LogP contribution in [-0.2, 0) is 9.53 Å². The zero-order valence-corrected chi connectivity index (χ0v) is 19.2. The van der Waals surface area contributed by atoms with E-state index in [2.05, 4.69) is 15.6 Å². The molecule has 2 N–H and O–H groups in total. The van der Waals surface area contributed by atoms with E-state index in [-0.39, 0.29) is 35.8 Å². The van der Waals surface area contributed by atoms with Gasteiger partial charge in [0, 0.05) is 57.1 Å². The summed E-state index contributed by atoms with van der Waals surface area (Å²) in [4.78, 5) is 18.6. The van der Waals surface area contributed by atoms with Crippen molar-refractivity contribution in [3.05, 3.63) is 0 Å². The van der Waals surface area contributed by atoms with E-state index in [1.165, 1.54) is 25.7 Å². The topological polar surface area (TPSA) is 66.0 Å². The number of fused-ring (bicyclic) bond motifs is 2. The Labute approximate surface area is 180 Å². The van der Waals surface area contributed by atoms with Crippen LogP contribution in [0.4, 0.5) is 0 Å². The Hall–Kier alpha value is -0.570. The van der Waals surface area contributed by atoms with Gasteiger partial charge in [-0.2, -0.15) is 0 Å². The molecule has 1 saturated heterocycles. The summed E-state index contributed by atoms with van der Waals surface area (Å²) < 4.78 is 6.03. The van der Waals surface area contributed by atoms with Crippen LogP contribution in [0.5, 0.6) is 0 Å². The first-order chi connectivity index (χ1) is 12.5. The largest absolute Gasteiger partial charge is 0.377 e. The minimum atomic E-state index is 0. The lowest BCUT2D eigenvalue weighted by Crippen LogP contribution is -2.72. The second-order valence-corrected chi connectivity index (χ2v) is 8.96. The van der Waals surface area contributed by atoms with E-state index in [0.717, 1.165) is 38.2 Å². The Bertz CT molecular complexity index is 578. The molecule has 4 aliphatic rings. The summed E-state index contributed by atoms with van der Waals surface area (Å²) in [6.45, 7) is 0.915.